The maximum atomic E-state index is 13.3. The van der Waals surface area contributed by atoms with Crippen molar-refractivity contribution in [2.24, 2.45) is 0 Å². The first kappa shape index (κ1) is 19.8. The van der Waals surface area contributed by atoms with Crippen molar-refractivity contribution in [3.63, 3.8) is 0 Å². The van der Waals surface area contributed by atoms with Crippen LogP contribution in [0, 0.1) is 5.82 Å². The van der Waals surface area contributed by atoms with Gasteiger partial charge in [0.15, 0.2) is 0 Å². The number of benzene rings is 1. The van der Waals surface area contributed by atoms with Gasteiger partial charge in [-0.3, -0.25) is 14.4 Å². The maximum Gasteiger partial charge on any atom is 0.255 e. The van der Waals surface area contributed by atoms with E-state index in [-0.39, 0.29) is 17.5 Å². The van der Waals surface area contributed by atoms with Crippen LogP contribution < -0.4 is 5.32 Å². The van der Waals surface area contributed by atoms with Crippen molar-refractivity contribution in [2.75, 3.05) is 25.6 Å². The highest BCUT2D eigenvalue weighted by Crippen LogP contribution is 2.30. The molecule has 0 radical (unpaired) electrons. The fourth-order valence-corrected chi connectivity index (χ4v) is 4.48. The predicted octanol–water partition coefficient (Wildman–Crippen LogP) is 3.80. The van der Waals surface area contributed by atoms with Gasteiger partial charge in [0, 0.05) is 42.9 Å². The molecule has 1 N–H and O–H groups in total. The summed E-state index contributed by atoms with van der Waals surface area (Å²) in [4.78, 5) is 16.1. The molecule has 29 heavy (non-hydrogen) atoms. The lowest BCUT2D eigenvalue weighted by atomic mass is 10.2. The molecule has 2 atom stereocenters. The molecular weight excluding hydrogens is 391 g/mol. The molecule has 0 bridgehead atoms. The second-order valence-corrected chi connectivity index (χ2v) is 8.21. The van der Waals surface area contributed by atoms with E-state index in [0.717, 1.165) is 19.5 Å². The summed E-state index contributed by atoms with van der Waals surface area (Å²) in [5.74, 6) is -0.790. The van der Waals surface area contributed by atoms with E-state index >= 15 is 0 Å². The molecule has 3 aromatic rings. The van der Waals surface area contributed by atoms with Gasteiger partial charge in [0.1, 0.15) is 5.82 Å². The van der Waals surface area contributed by atoms with Gasteiger partial charge in [-0.15, -0.1) is 11.3 Å². The van der Waals surface area contributed by atoms with E-state index < -0.39 is 5.82 Å². The van der Waals surface area contributed by atoms with Crippen molar-refractivity contribution in [3.05, 3.63) is 70.4 Å². The van der Waals surface area contributed by atoms with Gasteiger partial charge in [-0.2, -0.15) is 5.10 Å². The van der Waals surface area contributed by atoms with Crippen LogP contribution in [-0.4, -0.2) is 46.9 Å². The molecule has 0 unspecified atom stereocenters. The Morgan fingerprint density at radius 2 is 2.28 bits per heavy atom. The number of hydrogen-bond acceptors (Lipinski definition) is 5. The summed E-state index contributed by atoms with van der Waals surface area (Å²) >= 11 is 1.76. The minimum Gasteiger partial charge on any atom is -0.383 e. The minimum absolute atomic E-state index is 0.204. The van der Waals surface area contributed by atoms with Gasteiger partial charge < -0.3 is 10.1 Å². The van der Waals surface area contributed by atoms with Crippen molar-refractivity contribution in [2.45, 2.75) is 25.0 Å². The summed E-state index contributed by atoms with van der Waals surface area (Å²) in [6.07, 6.45) is 4.39. The molecule has 1 aliphatic heterocycles. The summed E-state index contributed by atoms with van der Waals surface area (Å²) in [5.41, 5.74) is 0.875. The lowest BCUT2D eigenvalue weighted by molar-refractivity contribution is 0.102. The molecule has 1 aromatic carbocycles. The van der Waals surface area contributed by atoms with E-state index in [1.165, 1.54) is 23.1 Å². The van der Waals surface area contributed by atoms with Crippen LogP contribution in [0.25, 0.3) is 0 Å². The Labute approximate surface area is 172 Å². The van der Waals surface area contributed by atoms with Crippen molar-refractivity contribution < 1.29 is 13.9 Å². The molecule has 8 heteroatoms. The largest absolute Gasteiger partial charge is 0.383 e. The third-order valence-corrected chi connectivity index (χ3v) is 5.99. The zero-order valence-corrected chi connectivity index (χ0v) is 16.9. The average molecular weight is 415 g/mol. The molecule has 0 aliphatic carbocycles. The first-order chi connectivity index (χ1) is 14.1. The zero-order chi connectivity index (χ0) is 20.2. The summed E-state index contributed by atoms with van der Waals surface area (Å²) in [7, 11) is 1.73. The highest BCUT2D eigenvalue weighted by molar-refractivity contribution is 7.09. The smallest absolute Gasteiger partial charge is 0.255 e. The van der Waals surface area contributed by atoms with E-state index in [9.17, 15) is 9.18 Å². The highest BCUT2D eigenvalue weighted by Gasteiger charge is 2.33. The number of methoxy groups -OCH3 is 1. The number of carbonyl (C=O) groups is 1. The fraction of sp³-hybridized carbons (Fsp3) is 0.333. The van der Waals surface area contributed by atoms with Crippen LogP contribution in [0.5, 0.6) is 0 Å². The van der Waals surface area contributed by atoms with Crippen LogP contribution in [-0.2, 0) is 11.3 Å². The third-order valence-electron chi connectivity index (χ3n) is 5.12. The van der Waals surface area contributed by atoms with Crippen molar-refractivity contribution >= 4 is 22.9 Å². The monoisotopic (exact) mass is 414 g/mol. The van der Waals surface area contributed by atoms with Gasteiger partial charge in [0.05, 0.1) is 24.5 Å². The van der Waals surface area contributed by atoms with Crippen LogP contribution in [0.1, 0.15) is 27.7 Å². The van der Waals surface area contributed by atoms with Gasteiger partial charge in [0.2, 0.25) is 0 Å². The van der Waals surface area contributed by atoms with Crippen molar-refractivity contribution in [1.82, 2.24) is 14.7 Å². The number of hydrogen-bond donors (Lipinski definition) is 1. The lowest BCUT2D eigenvalue weighted by Gasteiger charge is -2.22. The standard InChI is InChI=1S/C21H23FN4O2S/c1-28-14-19-9-18(12-25(19)13-20-6-3-7-29-20)26-11-17(10-23-26)24-21(27)15-4-2-5-16(22)8-15/h2-8,10-11,18-19H,9,12-14H2,1H3,(H,24,27)/t18-,19-/m0/s1. The number of halogens is 1. The number of ether oxygens (including phenoxy) is 1. The molecule has 1 aliphatic rings. The van der Waals surface area contributed by atoms with Crippen molar-refractivity contribution in [1.29, 1.82) is 0 Å². The van der Waals surface area contributed by atoms with Gasteiger partial charge in [-0.05, 0) is 36.1 Å². The second kappa shape index (κ2) is 8.86. The molecule has 6 nitrogen and oxygen atoms in total. The number of anilines is 1. The third kappa shape index (κ3) is 4.72. The van der Waals surface area contributed by atoms with E-state index in [1.54, 1.807) is 30.7 Å². The Morgan fingerprint density at radius 3 is 3.03 bits per heavy atom. The van der Waals surface area contributed by atoms with E-state index in [0.29, 0.717) is 18.3 Å². The quantitative estimate of drug-likeness (QED) is 0.639. The maximum absolute atomic E-state index is 13.3. The van der Waals surface area contributed by atoms with Crippen LogP contribution in [0.15, 0.2) is 54.2 Å². The first-order valence-corrected chi connectivity index (χ1v) is 10.4. The van der Waals surface area contributed by atoms with Crippen molar-refractivity contribution in [3.8, 4) is 0 Å². The molecule has 3 heterocycles. The number of thiophene rings is 1. The first-order valence-electron chi connectivity index (χ1n) is 9.49. The van der Waals surface area contributed by atoms with Crippen LogP contribution in [0.2, 0.25) is 0 Å². The molecule has 1 fully saturated rings. The Bertz CT molecular complexity index is 959. The number of likely N-dealkylation sites (tertiary alicyclic amines) is 1. The number of carbonyl (C=O) groups excluding carboxylic acids is 1. The topological polar surface area (TPSA) is 59.4 Å². The summed E-state index contributed by atoms with van der Waals surface area (Å²) in [6, 6.07) is 10.4. The van der Waals surface area contributed by atoms with Gasteiger partial charge >= 0.3 is 0 Å². The normalized spacial score (nSPS) is 19.5. The van der Waals surface area contributed by atoms with Gasteiger partial charge in [-0.25, -0.2) is 4.39 Å². The molecule has 1 amide bonds. The molecule has 0 spiro atoms. The number of aromatic nitrogens is 2. The number of nitrogens with zero attached hydrogens (tertiary/aromatic N) is 3. The molecule has 0 saturated carbocycles. The number of nitrogens with one attached hydrogen (secondary N) is 1. The van der Waals surface area contributed by atoms with E-state index in [4.69, 9.17) is 4.74 Å². The van der Waals surface area contributed by atoms with Gasteiger partial charge in [0.25, 0.3) is 5.91 Å². The number of rotatable bonds is 7. The summed E-state index contributed by atoms with van der Waals surface area (Å²) in [6.45, 7) is 2.43. The van der Waals surface area contributed by atoms with E-state index in [1.807, 2.05) is 10.9 Å². The Balaban J connectivity index is 1.42. The van der Waals surface area contributed by atoms with E-state index in [2.05, 4.69) is 32.8 Å². The molecule has 4 rings (SSSR count). The zero-order valence-electron chi connectivity index (χ0n) is 16.1. The Kier molecular flexibility index (Phi) is 6.03. The molecule has 152 valence electrons. The molecule has 1 saturated heterocycles. The molecule has 2 aromatic heterocycles. The minimum atomic E-state index is -0.436. The van der Waals surface area contributed by atoms with Crippen LogP contribution in [0.4, 0.5) is 10.1 Å². The highest BCUT2D eigenvalue weighted by atomic mass is 32.1. The Hall–Kier alpha value is -2.55. The van der Waals surface area contributed by atoms with Crippen LogP contribution in [0.3, 0.4) is 0 Å². The fourth-order valence-electron chi connectivity index (χ4n) is 3.75. The lowest BCUT2D eigenvalue weighted by Crippen LogP contribution is -2.32. The Morgan fingerprint density at radius 1 is 1.38 bits per heavy atom. The second-order valence-electron chi connectivity index (χ2n) is 7.18. The SMILES string of the molecule is COC[C@@H]1C[C@H](n2cc(NC(=O)c3cccc(F)c3)cn2)CN1Cc1cccs1. The predicted molar refractivity (Wildman–Crippen MR) is 111 cm³/mol. The number of amides is 1. The van der Waals surface area contributed by atoms with Crippen LogP contribution >= 0.6 is 11.3 Å². The summed E-state index contributed by atoms with van der Waals surface area (Å²) in [5, 5.41) is 9.33. The van der Waals surface area contributed by atoms with Gasteiger partial charge in [-0.1, -0.05) is 12.1 Å². The molecular formula is C21H23FN4O2S. The average Bonchev–Trinajstić information content (AvgIpc) is 3.45. The summed E-state index contributed by atoms with van der Waals surface area (Å²) < 4.78 is 20.7.